The first-order valence-corrected chi connectivity index (χ1v) is 9.83. The summed E-state index contributed by atoms with van der Waals surface area (Å²) in [7, 11) is 3.05. The standard InChI is InChI=1S/C21H33N3O5/c1-14(24-21(22)23-2)5-4-6-17(26)16(11-12-25)18(27)9-7-15-8-10-19(28)20(13-15)29-3/h8,10,13-14,16,25,28H,4-7,9,11-12H2,1-3H3,(H3,22,23,24)/t14-,16-/m1/s1. The normalized spacial score (nSPS) is 13.6. The number of nitrogens with one attached hydrogen (secondary N) is 1. The largest absolute Gasteiger partial charge is 0.504 e. The molecular weight excluding hydrogens is 374 g/mol. The van der Waals surface area contributed by atoms with Crippen molar-refractivity contribution in [1.29, 1.82) is 0 Å². The maximum Gasteiger partial charge on any atom is 0.188 e. The van der Waals surface area contributed by atoms with Gasteiger partial charge in [-0.2, -0.15) is 0 Å². The molecule has 0 aromatic heterocycles. The van der Waals surface area contributed by atoms with Gasteiger partial charge in [-0.1, -0.05) is 6.07 Å². The minimum Gasteiger partial charge on any atom is -0.504 e. The smallest absolute Gasteiger partial charge is 0.188 e. The number of benzene rings is 1. The number of aliphatic hydroxyl groups is 1. The van der Waals surface area contributed by atoms with Crippen LogP contribution in [-0.4, -0.2) is 54.5 Å². The van der Waals surface area contributed by atoms with Crippen LogP contribution in [0.5, 0.6) is 11.5 Å². The van der Waals surface area contributed by atoms with Crippen molar-refractivity contribution in [1.82, 2.24) is 5.32 Å². The molecule has 162 valence electrons. The Labute approximate surface area is 172 Å². The fourth-order valence-electron chi connectivity index (χ4n) is 3.10. The van der Waals surface area contributed by atoms with Gasteiger partial charge in [-0.15, -0.1) is 0 Å². The molecule has 0 bridgehead atoms. The zero-order chi connectivity index (χ0) is 21.8. The van der Waals surface area contributed by atoms with Gasteiger partial charge in [0.05, 0.1) is 13.0 Å². The molecule has 0 fully saturated rings. The zero-order valence-corrected chi connectivity index (χ0v) is 17.5. The van der Waals surface area contributed by atoms with Gasteiger partial charge in [-0.25, -0.2) is 0 Å². The summed E-state index contributed by atoms with van der Waals surface area (Å²) < 4.78 is 5.07. The van der Waals surface area contributed by atoms with Gasteiger partial charge in [0.1, 0.15) is 11.6 Å². The van der Waals surface area contributed by atoms with Crippen molar-refractivity contribution in [3.05, 3.63) is 23.8 Å². The number of aliphatic imine (C=N–C) groups is 1. The first kappa shape index (κ1) is 24.4. The van der Waals surface area contributed by atoms with Crippen LogP contribution in [0.2, 0.25) is 0 Å². The number of rotatable bonds is 13. The Morgan fingerprint density at radius 3 is 2.55 bits per heavy atom. The predicted molar refractivity (Wildman–Crippen MR) is 112 cm³/mol. The molecule has 0 spiro atoms. The molecule has 0 unspecified atom stereocenters. The van der Waals surface area contributed by atoms with E-state index in [1.807, 2.05) is 6.92 Å². The van der Waals surface area contributed by atoms with Gasteiger partial charge in [0, 0.05) is 32.5 Å². The number of aromatic hydroxyl groups is 1. The number of Topliss-reactive ketones (excluding diaryl/α,β-unsaturated/α-hetero) is 2. The lowest BCUT2D eigenvalue weighted by atomic mass is 9.89. The Bertz CT molecular complexity index is 706. The highest BCUT2D eigenvalue weighted by Gasteiger charge is 2.25. The maximum atomic E-state index is 12.6. The number of ketones is 2. The second kappa shape index (κ2) is 12.8. The van der Waals surface area contributed by atoms with Crippen molar-refractivity contribution >= 4 is 17.5 Å². The molecule has 5 N–H and O–H groups in total. The van der Waals surface area contributed by atoms with Crippen molar-refractivity contribution in [3.63, 3.8) is 0 Å². The molecule has 29 heavy (non-hydrogen) atoms. The number of methoxy groups -OCH3 is 1. The number of aliphatic hydroxyl groups excluding tert-OH is 1. The van der Waals surface area contributed by atoms with Crippen LogP contribution in [0.1, 0.15) is 44.6 Å². The monoisotopic (exact) mass is 407 g/mol. The van der Waals surface area contributed by atoms with E-state index in [4.69, 9.17) is 10.5 Å². The van der Waals surface area contributed by atoms with Crippen molar-refractivity contribution in [2.24, 2.45) is 16.6 Å². The number of aryl methyl sites for hydroxylation is 1. The minimum absolute atomic E-state index is 0.0339. The van der Waals surface area contributed by atoms with Crippen molar-refractivity contribution in [2.75, 3.05) is 20.8 Å². The molecule has 0 saturated carbocycles. The highest BCUT2D eigenvalue weighted by atomic mass is 16.5. The van der Waals surface area contributed by atoms with Crippen molar-refractivity contribution < 1.29 is 24.5 Å². The molecule has 1 aromatic carbocycles. The van der Waals surface area contributed by atoms with E-state index in [0.717, 1.165) is 12.0 Å². The first-order valence-electron chi connectivity index (χ1n) is 9.83. The van der Waals surface area contributed by atoms with Gasteiger partial charge in [0.15, 0.2) is 17.5 Å². The first-order chi connectivity index (χ1) is 13.8. The molecule has 0 radical (unpaired) electrons. The number of hydrogen-bond donors (Lipinski definition) is 4. The molecule has 1 rings (SSSR count). The number of nitrogens with zero attached hydrogens (tertiary/aromatic N) is 1. The molecule has 2 atom stereocenters. The van der Waals surface area contributed by atoms with Crippen LogP contribution < -0.4 is 15.8 Å². The number of carbonyl (C=O) groups excluding carboxylic acids is 2. The third-order valence-corrected chi connectivity index (χ3v) is 4.79. The molecule has 0 aliphatic carbocycles. The zero-order valence-electron chi connectivity index (χ0n) is 17.5. The molecule has 8 nitrogen and oxygen atoms in total. The SMILES string of the molecule is CN=C(N)N[C@H](C)CCCC(=O)[C@@H](CCO)C(=O)CCc1ccc(O)c(OC)c1. The van der Waals surface area contributed by atoms with Gasteiger partial charge < -0.3 is 26.0 Å². The Morgan fingerprint density at radius 2 is 1.93 bits per heavy atom. The molecule has 0 saturated heterocycles. The van der Waals surface area contributed by atoms with Crippen LogP contribution in [0.15, 0.2) is 23.2 Å². The van der Waals surface area contributed by atoms with Gasteiger partial charge in [-0.05, 0) is 50.3 Å². The van der Waals surface area contributed by atoms with Crippen LogP contribution in [0.3, 0.4) is 0 Å². The van der Waals surface area contributed by atoms with Gasteiger partial charge in [0.25, 0.3) is 0 Å². The Morgan fingerprint density at radius 1 is 1.24 bits per heavy atom. The van der Waals surface area contributed by atoms with Gasteiger partial charge in [-0.3, -0.25) is 14.6 Å². The molecule has 8 heteroatoms. The average molecular weight is 408 g/mol. The summed E-state index contributed by atoms with van der Waals surface area (Å²) in [4.78, 5) is 29.0. The molecule has 0 heterocycles. The number of ether oxygens (including phenoxy) is 1. The summed E-state index contributed by atoms with van der Waals surface area (Å²) in [5.41, 5.74) is 6.45. The molecule has 0 aliphatic rings. The summed E-state index contributed by atoms with van der Waals surface area (Å²) in [6.07, 6.45) is 2.37. The van der Waals surface area contributed by atoms with E-state index in [0.29, 0.717) is 24.6 Å². The summed E-state index contributed by atoms with van der Waals surface area (Å²) in [5, 5.41) is 21.9. The summed E-state index contributed by atoms with van der Waals surface area (Å²) >= 11 is 0. The second-order valence-electron chi connectivity index (χ2n) is 7.05. The van der Waals surface area contributed by atoms with E-state index in [-0.39, 0.29) is 49.2 Å². The molecular formula is C21H33N3O5. The number of phenols is 1. The van der Waals surface area contributed by atoms with Gasteiger partial charge in [0.2, 0.25) is 0 Å². The second-order valence-corrected chi connectivity index (χ2v) is 7.05. The summed E-state index contributed by atoms with van der Waals surface area (Å²) in [5.74, 6) is -0.380. The fraction of sp³-hybridized carbons (Fsp3) is 0.571. The van der Waals surface area contributed by atoms with E-state index < -0.39 is 5.92 Å². The lowest BCUT2D eigenvalue weighted by Crippen LogP contribution is -2.38. The van der Waals surface area contributed by atoms with Crippen LogP contribution in [-0.2, 0) is 16.0 Å². The number of carbonyl (C=O) groups is 2. The fourth-order valence-corrected chi connectivity index (χ4v) is 3.10. The third kappa shape index (κ3) is 8.51. The van der Waals surface area contributed by atoms with Crippen LogP contribution in [0.4, 0.5) is 0 Å². The Kier molecular flexibility index (Phi) is 10.8. The van der Waals surface area contributed by atoms with E-state index in [1.165, 1.54) is 13.2 Å². The molecule has 1 aromatic rings. The maximum absolute atomic E-state index is 12.6. The van der Waals surface area contributed by atoms with Crippen LogP contribution in [0.25, 0.3) is 0 Å². The third-order valence-electron chi connectivity index (χ3n) is 4.79. The minimum atomic E-state index is -0.787. The van der Waals surface area contributed by atoms with E-state index in [2.05, 4.69) is 10.3 Å². The average Bonchev–Trinajstić information content (AvgIpc) is 2.70. The van der Waals surface area contributed by atoms with Crippen LogP contribution >= 0.6 is 0 Å². The molecule has 0 aliphatic heterocycles. The Hall–Kier alpha value is -2.61. The number of phenolic OH excluding ortho intramolecular Hbond substituents is 1. The number of nitrogens with two attached hydrogens (primary N) is 1. The number of hydrogen-bond acceptors (Lipinski definition) is 6. The van der Waals surface area contributed by atoms with Crippen molar-refractivity contribution in [3.8, 4) is 11.5 Å². The van der Waals surface area contributed by atoms with Crippen LogP contribution in [0, 0.1) is 5.92 Å². The summed E-state index contributed by atoms with van der Waals surface area (Å²) in [6, 6.07) is 4.97. The highest BCUT2D eigenvalue weighted by Crippen LogP contribution is 2.27. The van der Waals surface area contributed by atoms with E-state index in [9.17, 15) is 19.8 Å². The highest BCUT2D eigenvalue weighted by molar-refractivity contribution is 6.02. The molecule has 0 amide bonds. The van der Waals surface area contributed by atoms with Gasteiger partial charge >= 0.3 is 0 Å². The Balaban J connectivity index is 2.56. The van der Waals surface area contributed by atoms with Crippen molar-refractivity contribution in [2.45, 2.75) is 51.5 Å². The number of guanidine groups is 1. The predicted octanol–water partition coefficient (Wildman–Crippen LogP) is 1.56. The quantitative estimate of drug-likeness (QED) is 0.221. The van der Waals surface area contributed by atoms with E-state index >= 15 is 0 Å². The summed E-state index contributed by atoms with van der Waals surface area (Å²) in [6.45, 7) is 1.74. The lowest BCUT2D eigenvalue weighted by Gasteiger charge is -2.16. The topological polar surface area (TPSA) is 134 Å². The lowest BCUT2D eigenvalue weighted by molar-refractivity contribution is -0.133. The van der Waals surface area contributed by atoms with E-state index in [1.54, 1.807) is 19.2 Å².